The molecule has 6 nitrogen and oxygen atoms in total. The van der Waals surface area contributed by atoms with Crippen LogP contribution in [0.1, 0.15) is 30.5 Å². The van der Waals surface area contributed by atoms with Gasteiger partial charge in [-0.2, -0.15) is 0 Å². The van der Waals surface area contributed by atoms with Crippen molar-refractivity contribution in [3.05, 3.63) is 77.5 Å². The third-order valence-electron chi connectivity index (χ3n) is 5.27. The highest BCUT2D eigenvalue weighted by molar-refractivity contribution is 14.1. The number of aliphatic hydroxyl groups excluding tert-OH is 1. The van der Waals surface area contributed by atoms with Crippen LogP contribution in [0.2, 0.25) is 0 Å². The van der Waals surface area contributed by atoms with Gasteiger partial charge in [0.2, 0.25) is 0 Å². The van der Waals surface area contributed by atoms with Crippen LogP contribution < -0.4 is 0 Å². The summed E-state index contributed by atoms with van der Waals surface area (Å²) in [7, 11) is -4.32. The van der Waals surface area contributed by atoms with Gasteiger partial charge >= 0.3 is 5.97 Å². The summed E-state index contributed by atoms with van der Waals surface area (Å²) < 4.78 is 43.0. The van der Waals surface area contributed by atoms with Crippen molar-refractivity contribution in [3.63, 3.8) is 0 Å². The van der Waals surface area contributed by atoms with Crippen LogP contribution in [0.4, 0.5) is 8.78 Å². The molecule has 0 saturated carbocycles. The number of hydrogen-bond acceptors (Lipinski definition) is 4. The van der Waals surface area contributed by atoms with E-state index >= 15 is 4.39 Å². The Morgan fingerprint density at radius 3 is 2.33 bits per heavy atom. The quantitative estimate of drug-likeness (QED) is 0.129. The van der Waals surface area contributed by atoms with Crippen LogP contribution in [0.3, 0.4) is 0 Å². The second kappa shape index (κ2) is 12.1. The number of pyridine rings is 1. The molecule has 0 spiro atoms. The van der Waals surface area contributed by atoms with E-state index in [4.69, 9.17) is 5.11 Å². The minimum absolute atomic E-state index is 0.00846. The van der Waals surface area contributed by atoms with Gasteiger partial charge in [-0.3, -0.25) is 9.36 Å². The summed E-state index contributed by atoms with van der Waals surface area (Å²) in [6.45, 7) is 1.86. The molecule has 188 valence electrons. The summed E-state index contributed by atoms with van der Waals surface area (Å²) in [5, 5.41) is 18.6. The maximum atomic E-state index is 16.1. The SMILES string of the molecule is CC(CI)c1nc(-c2ccccc2)c(F)c(-c2ccc(F)cc2)c1C#CP(=O)(O)CC(O)CC(=O)O. The topological polar surface area (TPSA) is 108 Å². The van der Waals surface area contributed by atoms with E-state index in [2.05, 4.69) is 39.2 Å². The van der Waals surface area contributed by atoms with Crippen molar-refractivity contribution in [2.75, 3.05) is 10.6 Å². The normalized spacial score (nSPS) is 14.3. The fourth-order valence-corrected chi connectivity index (χ4v) is 5.05. The molecule has 0 aliphatic heterocycles. The van der Waals surface area contributed by atoms with Gasteiger partial charge in [-0.25, -0.2) is 13.8 Å². The Kier molecular flexibility index (Phi) is 9.36. The van der Waals surface area contributed by atoms with Crippen LogP contribution in [0.5, 0.6) is 0 Å². The van der Waals surface area contributed by atoms with Crippen LogP contribution in [0, 0.1) is 23.2 Å². The van der Waals surface area contributed by atoms with E-state index in [1.54, 1.807) is 30.3 Å². The van der Waals surface area contributed by atoms with Crippen molar-refractivity contribution >= 4 is 35.9 Å². The Hall–Kier alpha value is -2.64. The zero-order chi connectivity index (χ0) is 26.5. The maximum Gasteiger partial charge on any atom is 0.305 e. The number of hydrogen-bond donors (Lipinski definition) is 3. The van der Waals surface area contributed by atoms with Crippen molar-refractivity contribution in [2.45, 2.75) is 25.4 Å². The lowest BCUT2D eigenvalue weighted by Gasteiger charge is -2.18. The van der Waals surface area contributed by atoms with Crippen LogP contribution >= 0.6 is 30.0 Å². The van der Waals surface area contributed by atoms with E-state index in [-0.39, 0.29) is 22.7 Å². The summed E-state index contributed by atoms with van der Waals surface area (Å²) in [4.78, 5) is 25.7. The van der Waals surface area contributed by atoms with Crippen molar-refractivity contribution in [1.82, 2.24) is 4.98 Å². The average molecular weight is 625 g/mol. The van der Waals surface area contributed by atoms with Gasteiger partial charge in [-0.15, -0.1) is 0 Å². The Morgan fingerprint density at radius 2 is 1.75 bits per heavy atom. The molecule has 2 aromatic carbocycles. The number of alkyl halides is 1. The predicted octanol–water partition coefficient (Wildman–Crippen LogP) is 5.65. The molecule has 0 bridgehead atoms. The number of halogens is 3. The Labute approximate surface area is 221 Å². The summed E-state index contributed by atoms with van der Waals surface area (Å²) >= 11 is 2.15. The number of rotatable bonds is 8. The van der Waals surface area contributed by atoms with Crippen molar-refractivity contribution in [2.24, 2.45) is 0 Å². The molecule has 0 saturated heterocycles. The number of carboxylic acids is 1. The van der Waals surface area contributed by atoms with Gasteiger partial charge in [0.1, 0.15) is 11.5 Å². The van der Waals surface area contributed by atoms with E-state index in [0.717, 1.165) is 0 Å². The maximum absolute atomic E-state index is 16.1. The number of aliphatic carboxylic acids is 1. The highest BCUT2D eigenvalue weighted by Gasteiger charge is 2.26. The second-order valence-electron chi connectivity index (χ2n) is 8.21. The number of aromatic nitrogens is 1. The molecule has 1 aromatic heterocycles. The molecule has 0 radical (unpaired) electrons. The molecule has 10 heteroatoms. The summed E-state index contributed by atoms with van der Waals surface area (Å²) in [6, 6.07) is 13.8. The summed E-state index contributed by atoms with van der Waals surface area (Å²) in [5.74, 6) is -0.184. The minimum Gasteiger partial charge on any atom is -0.481 e. The lowest BCUT2D eigenvalue weighted by molar-refractivity contribution is -0.138. The number of carbonyl (C=O) groups is 1. The summed E-state index contributed by atoms with van der Waals surface area (Å²) in [6.07, 6.45) is -3.05. The van der Waals surface area contributed by atoms with Gasteiger partial charge in [-0.1, -0.05) is 77.9 Å². The first-order chi connectivity index (χ1) is 17.0. The Balaban J connectivity index is 2.28. The van der Waals surface area contributed by atoms with E-state index in [1.165, 1.54) is 24.3 Å². The number of nitrogens with zero attached hydrogens (tertiary/aromatic N) is 1. The third kappa shape index (κ3) is 6.98. The molecule has 3 unspecified atom stereocenters. The Morgan fingerprint density at radius 1 is 1.11 bits per heavy atom. The lowest BCUT2D eigenvalue weighted by Crippen LogP contribution is -2.17. The first kappa shape index (κ1) is 27.9. The molecule has 0 aliphatic rings. The smallest absolute Gasteiger partial charge is 0.305 e. The third-order valence-corrected chi connectivity index (χ3v) is 7.97. The monoisotopic (exact) mass is 625 g/mol. The first-order valence-electron chi connectivity index (χ1n) is 10.9. The van der Waals surface area contributed by atoms with Crippen LogP contribution in [0.25, 0.3) is 22.4 Å². The largest absolute Gasteiger partial charge is 0.481 e. The molecule has 0 amide bonds. The number of benzene rings is 2. The van der Waals surface area contributed by atoms with Crippen LogP contribution in [-0.4, -0.2) is 42.8 Å². The van der Waals surface area contributed by atoms with Crippen LogP contribution in [-0.2, 0) is 9.36 Å². The van der Waals surface area contributed by atoms with Gasteiger partial charge in [0.25, 0.3) is 7.37 Å². The number of aliphatic hydroxyl groups is 1. The average Bonchev–Trinajstić information content (AvgIpc) is 2.82. The van der Waals surface area contributed by atoms with E-state index < -0.39 is 43.7 Å². The standard InChI is InChI=1S/C26H23F2INO5P/c1-16(14-29)25-21(11-12-36(34,35)15-20(31)13-22(32)33)23(17-7-9-19(27)10-8-17)24(28)26(30-25)18-5-3-2-4-6-18/h2-10,16,20,31H,13-15H2,1H3,(H,32,33)(H,34,35). The fraction of sp³-hybridized carbons (Fsp3) is 0.231. The van der Waals surface area contributed by atoms with Gasteiger partial charge < -0.3 is 15.1 Å². The lowest BCUT2D eigenvalue weighted by atomic mass is 9.92. The van der Waals surface area contributed by atoms with Gasteiger partial charge in [0.15, 0.2) is 5.82 Å². The van der Waals surface area contributed by atoms with Crippen molar-refractivity contribution in [3.8, 4) is 34.0 Å². The minimum atomic E-state index is -4.32. The zero-order valence-electron chi connectivity index (χ0n) is 19.2. The first-order valence-corrected chi connectivity index (χ1v) is 14.2. The zero-order valence-corrected chi connectivity index (χ0v) is 22.2. The summed E-state index contributed by atoms with van der Waals surface area (Å²) in [5.41, 5.74) is 3.59. The van der Waals surface area contributed by atoms with Crippen molar-refractivity contribution in [1.29, 1.82) is 0 Å². The highest BCUT2D eigenvalue weighted by Crippen LogP contribution is 2.42. The van der Waals surface area contributed by atoms with Gasteiger partial charge in [0, 0.05) is 21.5 Å². The predicted molar refractivity (Wildman–Crippen MR) is 142 cm³/mol. The van der Waals surface area contributed by atoms with E-state index in [1.807, 2.05) is 6.92 Å². The molecule has 0 aliphatic carbocycles. The molecule has 36 heavy (non-hydrogen) atoms. The molecule has 0 fully saturated rings. The van der Waals surface area contributed by atoms with Crippen molar-refractivity contribution < 1.29 is 33.2 Å². The van der Waals surface area contributed by atoms with E-state index in [9.17, 15) is 23.7 Å². The molecule has 1 heterocycles. The fourth-order valence-electron chi connectivity index (χ4n) is 3.55. The van der Waals surface area contributed by atoms with E-state index in [0.29, 0.717) is 21.2 Å². The molecule has 3 atom stereocenters. The van der Waals surface area contributed by atoms with Gasteiger partial charge in [-0.05, 0) is 23.4 Å². The molecule has 3 rings (SSSR count). The van der Waals surface area contributed by atoms with Crippen LogP contribution in [0.15, 0.2) is 54.6 Å². The molecular formula is C26H23F2INO5P. The second-order valence-corrected chi connectivity index (χ2v) is 11.1. The number of carboxylic acid groups (broad SMARTS) is 1. The van der Waals surface area contributed by atoms with Gasteiger partial charge in [0.05, 0.1) is 29.9 Å². The molecular weight excluding hydrogens is 602 g/mol. The molecule has 3 aromatic rings. The highest BCUT2D eigenvalue weighted by atomic mass is 127. The molecule has 3 N–H and O–H groups in total. The Bertz CT molecular complexity index is 1360.